The van der Waals surface area contributed by atoms with Crippen molar-refractivity contribution >= 4 is 28.5 Å². The van der Waals surface area contributed by atoms with Crippen LogP contribution in [0.25, 0.3) is 11.0 Å². The molecule has 0 bridgehead atoms. The van der Waals surface area contributed by atoms with Crippen molar-refractivity contribution in [2.75, 3.05) is 0 Å². The van der Waals surface area contributed by atoms with Crippen LogP contribution in [0.5, 0.6) is 0 Å². The predicted molar refractivity (Wildman–Crippen MR) is 67.9 cm³/mol. The van der Waals surface area contributed by atoms with Crippen molar-refractivity contribution in [3.63, 3.8) is 0 Å². The summed E-state index contributed by atoms with van der Waals surface area (Å²) in [4.78, 5) is 15.6. The summed E-state index contributed by atoms with van der Waals surface area (Å²) in [6.07, 6.45) is 0. The maximum Gasteiger partial charge on any atom is 0.240 e. The zero-order valence-electron chi connectivity index (χ0n) is 10.0. The molecule has 1 aromatic heterocycles. The zero-order valence-corrected chi connectivity index (χ0v) is 10.8. The number of nitrogens with two attached hydrogens (primary N) is 1. The second kappa shape index (κ2) is 4.57. The Morgan fingerprint density at radius 2 is 2.17 bits per heavy atom. The quantitative estimate of drug-likeness (QED) is 0.871. The Labute approximate surface area is 109 Å². The summed E-state index contributed by atoms with van der Waals surface area (Å²) in [6, 6.07) is 3.61. The lowest BCUT2D eigenvalue weighted by atomic mass is 10.2. The molecule has 0 aliphatic rings. The van der Waals surface area contributed by atoms with Crippen LogP contribution in [0.15, 0.2) is 18.2 Å². The van der Waals surface area contributed by atoms with E-state index >= 15 is 0 Å². The molecule has 1 amide bonds. The van der Waals surface area contributed by atoms with Crippen LogP contribution in [0.4, 0.5) is 4.39 Å². The lowest BCUT2D eigenvalue weighted by Crippen LogP contribution is -2.25. The molecule has 0 saturated carbocycles. The number of carbonyl (C=O) groups excluding carboxylic acids is 1. The highest BCUT2D eigenvalue weighted by molar-refractivity contribution is 6.20. The van der Waals surface area contributed by atoms with Crippen molar-refractivity contribution in [2.45, 2.75) is 25.3 Å². The summed E-state index contributed by atoms with van der Waals surface area (Å²) in [5.74, 6) is -0.367. The summed E-state index contributed by atoms with van der Waals surface area (Å²) >= 11 is 6.04. The maximum atomic E-state index is 13.2. The standard InChI is InChI=1S/C12H13ClFN3O/c1-6(13)12-16-9-5-8(14)3-4-10(9)17(12)7(2)11(15)18/h3-7H,1-2H3,(H2,15,18). The normalized spacial score (nSPS) is 14.7. The van der Waals surface area contributed by atoms with Gasteiger partial charge in [0.15, 0.2) is 0 Å². The fraction of sp³-hybridized carbons (Fsp3) is 0.333. The van der Waals surface area contributed by atoms with Crippen molar-refractivity contribution in [1.82, 2.24) is 9.55 Å². The molecule has 2 aromatic rings. The van der Waals surface area contributed by atoms with Crippen LogP contribution in [0, 0.1) is 5.82 Å². The number of halogens is 2. The molecule has 0 aliphatic carbocycles. The Morgan fingerprint density at radius 1 is 1.50 bits per heavy atom. The first kappa shape index (κ1) is 12.8. The number of hydrogen-bond donors (Lipinski definition) is 1. The van der Waals surface area contributed by atoms with Gasteiger partial charge in [-0.3, -0.25) is 4.79 Å². The second-order valence-corrected chi connectivity index (χ2v) is 4.82. The number of nitrogens with zero attached hydrogens (tertiary/aromatic N) is 2. The van der Waals surface area contributed by atoms with E-state index in [1.807, 2.05) is 0 Å². The Hall–Kier alpha value is -1.62. The third-order valence-corrected chi connectivity index (χ3v) is 3.03. The van der Waals surface area contributed by atoms with Crippen LogP contribution < -0.4 is 5.73 Å². The minimum atomic E-state index is -0.586. The first-order chi connectivity index (χ1) is 8.41. The summed E-state index contributed by atoms with van der Waals surface area (Å²) < 4.78 is 14.8. The van der Waals surface area contributed by atoms with Gasteiger partial charge < -0.3 is 10.3 Å². The number of primary amides is 1. The van der Waals surface area contributed by atoms with Gasteiger partial charge in [-0.15, -0.1) is 11.6 Å². The van der Waals surface area contributed by atoms with Crippen molar-refractivity contribution in [3.8, 4) is 0 Å². The zero-order chi connectivity index (χ0) is 13.4. The average molecular weight is 270 g/mol. The van der Waals surface area contributed by atoms with Crippen LogP contribution in [0.1, 0.15) is 31.1 Å². The first-order valence-corrected chi connectivity index (χ1v) is 5.96. The Kier molecular flexibility index (Phi) is 3.26. The molecule has 96 valence electrons. The number of benzene rings is 1. The highest BCUT2D eigenvalue weighted by Gasteiger charge is 2.22. The molecule has 6 heteroatoms. The Balaban J connectivity index is 2.74. The largest absolute Gasteiger partial charge is 0.368 e. The SMILES string of the molecule is CC(Cl)c1nc2cc(F)ccc2n1C(C)C(N)=O. The van der Waals surface area contributed by atoms with E-state index in [9.17, 15) is 9.18 Å². The molecule has 1 heterocycles. The van der Waals surface area contributed by atoms with Gasteiger partial charge in [0, 0.05) is 6.07 Å². The molecular formula is C12H13ClFN3O. The van der Waals surface area contributed by atoms with Crippen LogP contribution >= 0.6 is 11.6 Å². The van der Waals surface area contributed by atoms with E-state index in [1.54, 1.807) is 24.5 Å². The fourth-order valence-electron chi connectivity index (χ4n) is 1.91. The Bertz CT molecular complexity index is 609. The van der Waals surface area contributed by atoms with E-state index in [1.165, 1.54) is 12.1 Å². The summed E-state index contributed by atoms with van der Waals surface area (Å²) in [5.41, 5.74) is 6.42. The molecular weight excluding hydrogens is 257 g/mol. The van der Waals surface area contributed by atoms with Gasteiger partial charge in [-0.2, -0.15) is 0 Å². The predicted octanol–water partition coefficient (Wildman–Crippen LogP) is 2.52. The topological polar surface area (TPSA) is 60.9 Å². The van der Waals surface area contributed by atoms with Crippen LogP contribution in [-0.2, 0) is 4.79 Å². The molecule has 0 aliphatic heterocycles. The minimum absolute atomic E-state index is 0.382. The van der Waals surface area contributed by atoms with E-state index in [-0.39, 0.29) is 5.82 Å². The number of hydrogen-bond acceptors (Lipinski definition) is 2. The molecule has 2 N–H and O–H groups in total. The van der Waals surface area contributed by atoms with Crippen molar-refractivity contribution in [2.24, 2.45) is 5.73 Å². The van der Waals surface area contributed by atoms with Crippen molar-refractivity contribution < 1.29 is 9.18 Å². The van der Waals surface area contributed by atoms with Crippen LogP contribution in [-0.4, -0.2) is 15.5 Å². The fourth-order valence-corrected chi connectivity index (χ4v) is 2.06. The summed E-state index contributed by atoms with van der Waals surface area (Å²) in [5, 5.41) is -0.401. The van der Waals surface area contributed by atoms with Gasteiger partial charge in [0.25, 0.3) is 0 Å². The molecule has 4 nitrogen and oxygen atoms in total. The smallest absolute Gasteiger partial charge is 0.240 e. The number of alkyl halides is 1. The maximum absolute atomic E-state index is 13.2. The van der Waals surface area contributed by atoms with Gasteiger partial charge in [-0.1, -0.05) is 0 Å². The molecule has 0 radical (unpaired) electrons. The number of amides is 1. The highest BCUT2D eigenvalue weighted by Crippen LogP contribution is 2.28. The van der Waals surface area contributed by atoms with Gasteiger partial charge >= 0.3 is 0 Å². The molecule has 2 rings (SSSR count). The molecule has 2 atom stereocenters. The van der Waals surface area contributed by atoms with E-state index in [0.29, 0.717) is 16.9 Å². The number of fused-ring (bicyclic) bond motifs is 1. The third kappa shape index (κ3) is 2.06. The summed E-state index contributed by atoms with van der Waals surface area (Å²) in [6.45, 7) is 3.40. The second-order valence-electron chi connectivity index (χ2n) is 4.17. The van der Waals surface area contributed by atoms with Gasteiger partial charge in [0.1, 0.15) is 17.7 Å². The highest BCUT2D eigenvalue weighted by atomic mass is 35.5. The average Bonchev–Trinajstić information content (AvgIpc) is 2.66. The number of carbonyl (C=O) groups is 1. The Morgan fingerprint density at radius 3 is 2.72 bits per heavy atom. The van der Waals surface area contributed by atoms with E-state index < -0.39 is 17.3 Å². The number of imidazole rings is 1. The van der Waals surface area contributed by atoms with Gasteiger partial charge in [0.05, 0.1) is 16.4 Å². The van der Waals surface area contributed by atoms with Crippen LogP contribution in [0.3, 0.4) is 0 Å². The van der Waals surface area contributed by atoms with Gasteiger partial charge in [-0.05, 0) is 26.0 Å². The lowest BCUT2D eigenvalue weighted by Gasteiger charge is -2.15. The first-order valence-electron chi connectivity index (χ1n) is 5.52. The number of aromatic nitrogens is 2. The molecule has 0 fully saturated rings. The molecule has 18 heavy (non-hydrogen) atoms. The lowest BCUT2D eigenvalue weighted by molar-refractivity contribution is -0.120. The minimum Gasteiger partial charge on any atom is -0.368 e. The van der Waals surface area contributed by atoms with Crippen molar-refractivity contribution in [3.05, 3.63) is 29.8 Å². The summed E-state index contributed by atoms with van der Waals surface area (Å²) in [7, 11) is 0. The van der Waals surface area contributed by atoms with E-state index in [0.717, 1.165) is 0 Å². The molecule has 0 saturated heterocycles. The third-order valence-electron chi connectivity index (χ3n) is 2.83. The molecule has 0 spiro atoms. The van der Waals surface area contributed by atoms with Crippen LogP contribution in [0.2, 0.25) is 0 Å². The molecule has 1 aromatic carbocycles. The van der Waals surface area contributed by atoms with E-state index in [2.05, 4.69) is 4.98 Å². The monoisotopic (exact) mass is 269 g/mol. The van der Waals surface area contributed by atoms with Gasteiger partial charge in [-0.25, -0.2) is 9.37 Å². The number of rotatable bonds is 3. The van der Waals surface area contributed by atoms with Crippen molar-refractivity contribution in [1.29, 1.82) is 0 Å². The molecule has 2 unspecified atom stereocenters. The van der Waals surface area contributed by atoms with Gasteiger partial charge in [0.2, 0.25) is 5.91 Å². The van der Waals surface area contributed by atoms with E-state index in [4.69, 9.17) is 17.3 Å².